The third kappa shape index (κ3) is 1.91. The van der Waals surface area contributed by atoms with Crippen molar-refractivity contribution in [1.29, 1.82) is 0 Å². The minimum atomic E-state index is -0.493. The average Bonchev–Trinajstić information content (AvgIpc) is 2.62. The summed E-state index contributed by atoms with van der Waals surface area (Å²) in [5.41, 5.74) is 8.55. The number of anilines is 1. The van der Waals surface area contributed by atoms with Crippen LogP contribution in [0.5, 0.6) is 0 Å². The monoisotopic (exact) mass is 231 g/mol. The molecule has 1 amide bonds. The maximum atomic E-state index is 11.9. The molecule has 1 aromatic carbocycles. The van der Waals surface area contributed by atoms with Gasteiger partial charge in [0.1, 0.15) is 0 Å². The molecule has 0 aliphatic heterocycles. The highest BCUT2D eigenvalue weighted by atomic mass is 16.2. The topological polar surface area (TPSA) is 62.1 Å². The molecule has 0 radical (unpaired) electrons. The van der Waals surface area contributed by atoms with Crippen molar-refractivity contribution in [3.05, 3.63) is 30.0 Å². The third-order valence-electron chi connectivity index (χ3n) is 2.92. The standard InChI is InChI=1S/C13H17N3O/c1-8(14)13(17)16(3)12-9(2)15-11-7-5-4-6-10(11)12/h4-8,15H,14H2,1-3H3. The smallest absolute Gasteiger partial charge is 0.243 e. The number of fused-ring (bicyclic) bond motifs is 1. The Bertz CT molecular complexity index is 557. The van der Waals surface area contributed by atoms with Gasteiger partial charge in [-0.15, -0.1) is 0 Å². The molecule has 1 heterocycles. The number of aryl methyl sites for hydroxylation is 1. The summed E-state index contributed by atoms with van der Waals surface area (Å²) in [4.78, 5) is 16.8. The van der Waals surface area contributed by atoms with E-state index >= 15 is 0 Å². The van der Waals surface area contributed by atoms with E-state index in [0.29, 0.717) is 0 Å². The number of aromatic amines is 1. The van der Waals surface area contributed by atoms with Crippen LogP contribution in [0.3, 0.4) is 0 Å². The summed E-state index contributed by atoms with van der Waals surface area (Å²) in [5.74, 6) is -0.0853. The zero-order valence-electron chi connectivity index (χ0n) is 10.3. The highest BCUT2D eigenvalue weighted by Crippen LogP contribution is 2.29. The molecule has 0 aliphatic carbocycles. The third-order valence-corrected chi connectivity index (χ3v) is 2.92. The van der Waals surface area contributed by atoms with E-state index in [1.807, 2.05) is 31.2 Å². The first-order valence-electron chi connectivity index (χ1n) is 5.63. The molecule has 2 aromatic rings. The maximum absolute atomic E-state index is 11.9. The highest BCUT2D eigenvalue weighted by molar-refractivity contribution is 6.05. The van der Waals surface area contributed by atoms with Crippen LogP contribution in [-0.2, 0) is 4.79 Å². The molecule has 3 N–H and O–H groups in total. The normalized spacial score (nSPS) is 12.7. The zero-order valence-corrected chi connectivity index (χ0v) is 10.3. The van der Waals surface area contributed by atoms with E-state index in [9.17, 15) is 4.79 Å². The molecule has 1 atom stereocenters. The largest absolute Gasteiger partial charge is 0.357 e. The number of nitrogens with zero attached hydrogens (tertiary/aromatic N) is 1. The molecular formula is C13H17N3O. The first-order chi connectivity index (χ1) is 8.02. The lowest BCUT2D eigenvalue weighted by molar-refractivity contribution is -0.119. The second-order valence-corrected chi connectivity index (χ2v) is 4.33. The van der Waals surface area contributed by atoms with Crippen LogP contribution in [0.1, 0.15) is 12.6 Å². The van der Waals surface area contributed by atoms with Crippen LogP contribution in [0, 0.1) is 6.92 Å². The van der Waals surface area contributed by atoms with Crippen LogP contribution in [-0.4, -0.2) is 24.0 Å². The van der Waals surface area contributed by atoms with E-state index < -0.39 is 6.04 Å². The van der Waals surface area contributed by atoms with Gasteiger partial charge in [0.25, 0.3) is 0 Å². The second-order valence-electron chi connectivity index (χ2n) is 4.33. The second kappa shape index (κ2) is 4.22. The summed E-state index contributed by atoms with van der Waals surface area (Å²) in [6, 6.07) is 7.43. The average molecular weight is 231 g/mol. The number of para-hydroxylation sites is 1. The number of hydrogen-bond acceptors (Lipinski definition) is 2. The van der Waals surface area contributed by atoms with E-state index in [4.69, 9.17) is 5.73 Å². The maximum Gasteiger partial charge on any atom is 0.243 e. The van der Waals surface area contributed by atoms with E-state index in [1.165, 1.54) is 0 Å². The molecule has 2 rings (SSSR count). The molecule has 1 unspecified atom stereocenters. The Hall–Kier alpha value is -1.81. The molecule has 4 nitrogen and oxygen atoms in total. The predicted octanol–water partition coefficient (Wildman–Crippen LogP) is 1.79. The number of carbonyl (C=O) groups is 1. The number of H-pyrrole nitrogens is 1. The van der Waals surface area contributed by atoms with Gasteiger partial charge in [-0.05, 0) is 19.9 Å². The van der Waals surface area contributed by atoms with Crippen molar-refractivity contribution in [3.63, 3.8) is 0 Å². The van der Waals surface area contributed by atoms with Gasteiger partial charge < -0.3 is 15.6 Å². The Morgan fingerprint density at radius 3 is 2.71 bits per heavy atom. The lowest BCUT2D eigenvalue weighted by Crippen LogP contribution is -2.39. The lowest BCUT2D eigenvalue weighted by atomic mass is 10.2. The molecule has 0 saturated carbocycles. The van der Waals surface area contributed by atoms with Crippen molar-refractivity contribution >= 4 is 22.5 Å². The summed E-state index contributed by atoms with van der Waals surface area (Å²) in [7, 11) is 1.76. The van der Waals surface area contributed by atoms with Crippen molar-refractivity contribution in [2.24, 2.45) is 5.73 Å². The van der Waals surface area contributed by atoms with Crippen molar-refractivity contribution in [2.45, 2.75) is 19.9 Å². The fourth-order valence-electron chi connectivity index (χ4n) is 2.11. The SMILES string of the molecule is Cc1[nH]c2ccccc2c1N(C)C(=O)C(C)N. The quantitative estimate of drug-likeness (QED) is 0.827. The zero-order chi connectivity index (χ0) is 12.6. The first-order valence-corrected chi connectivity index (χ1v) is 5.63. The molecule has 4 heteroatoms. The van der Waals surface area contributed by atoms with Gasteiger partial charge in [-0.3, -0.25) is 4.79 Å². The fraction of sp³-hybridized carbons (Fsp3) is 0.308. The van der Waals surface area contributed by atoms with E-state index in [-0.39, 0.29) is 5.91 Å². The van der Waals surface area contributed by atoms with E-state index in [2.05, 4.69) is 4.98 Å². The van der Waals surface area contributed by atoms with Gasteiger partial charge in [0.15, 0.2) is 0 Å². The number of benzene rings is 1. The Balaban J connectivity index is 2.55. The number of amides is 1. The van der Waals surface area contributed by atoms with Crippen LogP contribution in [0.25, 0.3) is 10.9 Å². The summed E-state index contributed by atoms with van der Waals surface area (Å²) in [6.07, 6.45) is 0. The molecule has 0 spiro atoms. The first kappa shape index (κ1) is 11.7. The molecular weight excluding hydrogens is 214 g/mol. The van der Waals surface area contributed by atoms with Crippen LogP contribution < -0.4 is 10.6 Å². The molecule has 1 aromatic heterocycles. The summed E-state index contributed by atoms with van der Waals surface area (Å²) < 4.78 is 0. The van der Waals surface area contributed by atoms with Crippen molar-refractivity contribution < 1.29 is 4.79 Å². The minimum Gasteiger partial charge on any atom is -0.357 e. The van der Waals surface area contributed by atoms with Crippen LogP contribution in [0.2, 0.25) is 0 Å². The van der Waals surface area contributed by atoms with Crippen molar-refractivity contribution in [2.75, 3.05) is 11.9 Å². The molecule has 0 fully saturated rings. The number of likely N-dealkylation sites (N-methyl/N-ethyl adjacent to an activating group) is 1. The summed E-state index contributed by atoms with van der Waals surface area (Å²) >= 11 is 0. The van der Waals surface area contributed by atoms with Gasteiger partial charge in [-0.25, -0.2) is 0 Å². The molecule has 0 saturated heterocycles. The fourth-order valence-corrected chi connectivity index (χ4v) is 2.11. The molecule has 0 aliphatic rings. The number of nitrogens with one attached hydrogen (secondary N) is 1. The van der Waals surface area contributed by atoms with Crippen LogP contribution in [0.4, 0.5) is 5.69 Å². The van der Waals surface area contributed by atoms with Crippen LogP contribution >= 0.6 is 0 Å². The van der Waals surface area contributed by atoms with E-state index in [0.717, 1.165) is 22.3 Å². The predicted molar refractivity (Wildman–Crippen MR) is 70.1 cm³/mol. The lowest BCUT2D eigenvalue weighted by Gasteiger charge is -2.19. The van der Waals surface area contributed by atoms with Gasteiger partial charge >= 0.3 is 0 Å². The van der Waals surface area contributed by atoms with Gasteiger partial charge in [0.05, 0.1) is 11.7 Å². The number of rotatable bonds is 2. The van der Waals surface area contributed by atoms with Gasteiger partial charge in [0, 0.05) is 23.6 Å². The number of aromatic nitrogens is 1. The molecule has 0 bridgehead atoms. The van der Waals surface area contributed by atoms with Crippen molar-refractivity contribution in [3.8, 4) is 0 Å². The number of carbonyl (C=O) groups excluding carboxylic acids is 1. The number of nitrogens with two attached hydrogens (primary N) is 1. The minimum absolute atomic E-state index is 0.0853. The Labute approximate surface area is 100 Å². The summed E-state index contributed by atoms with van der Waals surface area (Å²) in [6.45, 7) is 3.66. The van der Waals surface area contributed by atoms with Crippen molar-refractivity contribution in [1.82, 2.24) is 4.98 Å². The molecule has 17 heavy (non-hydrogen) atoms. The Morgan fingerprint density at radius 1 is 1.41 bits per heavy atom. The number of hydrogen-bond donors (Lipinski definition) is 2. The Morgan fingerprint density at radius 2 is 2.06 bits per heavy atom. The van der Waals surface area contributed by atoms with Gasteiger partial charge in [-0.2, -0.15) is 0 Å². The van der Waals surface area contributed by atoms with Crippen LogP contribution in [0.15, 0.2) is 24.3 Å². The van der Waals surface area contributed by atoms with Gasteiger partial charge in [0.2, 0.25) is 5.91 Å². The highest BCUT2D eigenvalue weighted by Gasteiger charge is 2.20. The molecule has 90 valence electrons. The van der Waals surface area contributed by atoms with Gasteiger partial charge in [-0.1, -0.05) is 18.2 Å². The Kier molecular flexibility index (Phi) is 2.90. The van der Waals surface area contributed by atoms with E-state index in [1.54, 1.807) is 18.9 Å². The summed E-state index contributed by atoms with van der Waals surface area (Å²) in [5, 5.41) is 1.04.